The molecule has 3 nitrogen and oxygen atoms in total. The Labute approximate surface area is 131 Å². The van der Waals surface area contributed by atoms with Crippen molar-refractivity contribution in [2.24, 2.45) is 5.92 Å². The zero-order valence-electron chi connectivity index (χ0n) is 13.2. The quantitative estimate of drug-likeness (QED) is 0.864. The third-order valence-corrected chi connectivity index (χ3v) is 5.14. The second-order valence-electron chi connectivity index (χ2n) is 6.84. The third kappa shape index (κ3) is 2.03. The van der Waals surface area contributed by atoms with Crippen LogP contribution in [-0.4, -0.2) is 36.5 Å². The molecule has 1 amide bonds. The number of hydrogen-bond acceptors (Lipinski definition) is 2. The van der Waals surface area contributed by atoms with Crippen LogP contribution in [0.3, 0.4) is 0 Å². The minimum atomic E-state index is 0.176. The summed E-state index contributed by atoms with van der Waals surface area (Å²) in [6.07, 6.45) is 1.19. The standard InChI is InChI=1S/C19H22N2O/c1-13(2)20-10-9-14(11-20)12-21-17-8-4-6-15-5-3-7-16(18(15)17)19(21)22/h3-8,13-14H,9-12H2,1-2H3/t14-/m0/s1. The van der Waals surface area contributed by atoms with Crippen molar-refractivity contribution in [3.8, 4) is 0 Å². The van der Waals surface area contributed by atoms with Crippen LogP contribution in [0.2, 0.25) is 0 Å². The van der Waals surface area contributed by atoms with Gasteiger partial charge in [0.15, 0.2) is 0 Å². The van der Waals surface area contributed by atoms with Crippen molar-refractivity contribution in [3.63, 3.8) is 0 Å². The minimum absolute atomic E-state index is 0.176. The van der Waals surface area contributed by atoms with Gasteiger partial charge >= 0.3 is 0 Å². The molecule has 2 aromatic carbocycles. The highest BCUT2D eigenvalue weighted by Gasteiger charge is 2.33. The van der Waals surface area contributed by atoms with Crippen LogP contribution in [0.25, 0.3) is 10.8 Å². The first-order valence-electron chi connectivity index (χ1n) is 8.23. The third-order valence-electron chi connectivity index (χ3n) is 5.14. The van der Waals surface area contributed by atoms with Crippen LogP contribution in [-0.2, 0) is 0 Å². The lowest BCUT2D eigenvalue weighted by Gasteiger charge is -2.23. The molecule has 1 fully saturated rings. The van der Waals surface area contributed by atoms with Crippen LogP contribution in [0.15, 0.2) is 36.4 Å². The molecule has 0 aliphatic carbocycles. The van der Waals surface area contributed by atoms with Crippen molar-refractivity contribution in [1.29, 1.82) is 0 Å². The lowest BCUT2D eigenvalue weighted by atomic mass is 10.1. The largest absolute Gasteiger partial charge is 0.307 e. The Balaban J connectivity index is 1.63. The summed E-state index contributed by atoms with van der Waals surface area (Å²) in [6, 6.07) is 12.9. The van der Waals surface area contributed by atoms with E-state index in [9.17, 15) is 4.79 Å². The highest BCUT2D eigenvalue weighted by atomic mass is 16.2. The molecule has 2 aliphatic heterocycles. The van der Waals surface area contributed by atoms with Crippen molar-refractivity contribution in [2.75, 3.05) is 24.5 Å². The van der Waals surface area contributed by atoms with Gasteiger partial charge in [0.25, 0.3) is 5.91 Å². The van der Waals surface area contributed by atoms with E-state index in [2.05, 4.69) is 43.0 Å². The molecule has 0 N–H and O–H groups in total. The maximum absolute atomic E-state index is 12.8. The molecular weight excluding hydrogens is 272 g/mol. The van der Waals surface area contributed by atoms with Gasteiger partial charge < -0.3 is 9.80 Å². The van der Waals surface area contributed by atoms with E-state index in [1.54, 1.807) is 0 Å². The summed E-state index contributed by atoms with van der Waals surface area (Å²) < 4.78 is 0. The van der Waals surface area contributed by atoms with Crippen molar-refractivity contribution in [3.05, 3.63) is 42.0 Å². The molecule has 0 unspecified atom stereocenters. The van der Waals surface area contributed by atoms with Crippen molar-refractivity contribution in [1.82, 2.24) is 4.90 Å². The van der Waals surface area contributed by atoms with Gasteiger partial charge in [-0.05, 0) is 50.2 Å². The van der Waals surface area contributed by atoms with Gasteiger partial charge in [-0.3, -0.25) is 4.79 Å². The molecule has 4 rings (SSSR count). The molecule has 0 radical (unpaired) electrons. The summed E-state index contributed by atoms with van der Waals surface area (Å²) in [5.41, 5.74) is 1.97. The summed E-state index contributed by atoms with van der Waals surface area (Å²) in [5.74, 6) is 0.755. The van der Waals surface area contributed by atoms with Gasteiger partial charge in [-0.15, -0.1) is 0 Å². The average molecular weight is 294 g/mol. The molecule has 0 aromatic heterocycles. The average Bonchev–Trinajstić information content (AvgIpc) is 3.09. The Morgan fingerprint density at radius 2 is 1.95 bits per heavy atom. The van der Waals surface area contributed by atoms with Gasteiger partial charge in [0.2, 0.25) is 0 Å². The SMILES string of the molecule is CC(C)N1CC[C@H](CN2C(=O)c3cccc4cccc2c34)C1. The molecule has 1 atom stereocenters. The minimum Gasteiger partial charge on any atom is -0.307 e. The number of carbonyl (C=O) groups excluding carboxylic acids is 1. The Kier molecular flexibility index (Phi) is 3.19. The number of nitrogens with zero attached hydrogens (tertiary/aromatic N) is 2. The van der Waals surface area contributed by atoms with E-state index in [1.165, 1.54) is 11.8 Å². The van der Waals surface area contributed by atoms with Gasteiger partial charge in [-0.2, -0.15) is 0 Å². The van der Waals surface area contributed by atoms with Gasteiger partial charge in [0.05, 0.1) is 5.69 Å². The van der Waals surface area contributed by atoms with Gasteiger partial charge in [-0.1, -0.05) is 24.3 Å². The molecule has 114 valence electrons. The first-order chi connectivity index (χ1) is 10.6. The van der Waals surface area contributed by atoms with Crippen molar-refractivity contribution >= 4 is 22.4 Å². The number of hydrogen-bond donors (Lipinski definition) is 0. The molecule has 0 bridgehead atoms. The fourth-order valence-electron chi connectivity index (χ4n) is 3.90. The topological polar surface area (TPSA) is 23.6 Å². The zero-order valence-corrected chi connectivity index (χ0v) is 13.2. The smallest absolute Gasteiger partial charge is 0.259 e. The second-order valence-corrected chi connectivity index (χ2v) is 6.84. The molecule has 2 aliphatic rings. The van der Waals surface area contributed by atoms with E-state index >= 15 is 0 Å². The van der Waals surface area contributed by atoms with E-state index in [0.29, 0.717) is 12.0 Å². The maximum atomic E-state index is 12.8. The second kappa shape index (κ2) is 5.10. The van der Waals surface area contributed by atoms with Crippen LogP contribution in [0.1, 0.15) is 30.6 Å². The summed E-state index contributed by atoms with van der Waals surface area (Å²) in [4.78, 5) is 17.3. The number of benzene rings is 2. The Morgan fingerprint density at radius 1 is 1.18 bits per heavy atom. The predicted octanol–water partition coefficient (Wildman–Crippen LogP) is 3.53. The first kappa shape index (κ1) is 13.8. The normalized spacial score (nSPS) is 21.5. The summed E-state index contributed by atoms with van der Waals surface area (Å²) in [5, 5.41) is 2.30. The van der Waals surface area contributed by atoms with Gasteiger partial charge in [0, 0.05) is 30.1 Å². The number of amides is 1. The van der Waals surface area contributed by atoms with E-state index in [-0.39, 0.29) is 5.91 Å². The van der Waals surface area contributed by atoms with Crippen LogP contribution in [0.4, 0.5) is 5.69 Å². The first-order valence-corrected chi connectivity index (χ1v) is 8.23. The maximum Gasteiger partial charge on any atom is 0.259 e. The summed E-state index contributed by atoms with van der Waals surface area (Å²) >= 11 is 0. The lowest BCUT2D eigenvalue weighted by molar-refractivity contribution is 0.0989. The fraction of sp³-hybridized carbons (Fsp3) is 0.421. The molecular formula is C19H22N2O. The molecule has 3 heteroatoms. The number of carbonyl (C=O) groups is 1. The highest BCUT2D eigenvalue weighted by molar-refractivity contribution is 6.25. The lowest BCUT2D eigenvalue weighted by Crippen LogP contribution is -2.34. The van der Waals surface area contributed by atoms with Crippen molar-refractivity contribution in [2.45, 2.75) is 26.3 Å². The van der Waals surface area contributed by atoms with Crippen LogP contribution < -0.4 is 4.90 Å². The van der Waals surface area contributed by atoms with E-state index in [4.69, 9.17) is 0 Å². The molecule has 2 aromatic rings. The molecule has 0 spiro atoms. The Hall–Kier alpha value is -1.87. The van der Waals surface area contributed by atoms with E-state index in [1.807, 2.05) is 17.0 Å². The predicted molar refractivity (Wildman–Crippen MR) is 90.4 cm³/mol. The number of rotatable bonds is 3. The van der Waals surface area contributed by atoms with Crippen LogP contribution in [0.5, 0.6) is 0 Å². The summed E-state index contributed by atoms with van der Waals surface area (Å²) in [6.45, 7) is 7.60. The number of anilines is 1. The van der Waals surface area contributed by atoms with E-state index < -0.39 is 0 Å². The van der Waals surface area contributed by atoms with Crippen molar-refractivity contribution < 1.29 is 4.79 Å². The monoisotopic (exact) mass is 294 g/mol. The van der Waals surface area contributed by atoms with E-state index in [0.717, 1.165) is 36.3 Å². The zero-order chi connectivity index (χ0) is 15.3. The number of likely N-dealkylation sites (tertiary alicyclic amines) is 1. The van der Waals surface area contributed by atoms with Crippen LogP contribution >= 0.6 is 0 Å². The van der Waals surface area contributed by atoms with Gasteiger partial charge in [-0.25, -0.2) is 0 Å². The molecule has 22 heavy (non-hydrogen) atoms. The Bertz CT molecular complexity index is 732. The Morgan fingerprint density at radius 3 is 2.68 bits per heavy atom. The fourth-order valence-corrected chi connectivity index (χ4v) is 3.90. The molecule has 1 saturated heterocycles. The summed E-state index contributed by atoms with van der Waals surface area (Å²) in [7, 11) is 0. The molecule has 2 heterocycles. The highest BCUT2D eigenvalue weighted by Crippen LogP contribution is 2.38. The van der Waals surface area contributed by atoms with Gasteiger partial charge in [0.1, 0.15) is 0 Å². The van der Waals surface area contributed by atoms with Crippen LogP contribution in [0, 0.1) is 5.92 Å². The molecule has 0 saturated carbocycles.